The highest BCUT2D eigenvalue weighted by molar-refractivity contribution is 5.20. The van der Waals surface area contributed by atoms with E-state index in [0.29, 0.717) is 0 Å². The Morgan fingerprint density at radius 3 is 2.84 bits per heavy atom. The molecule has 0 spiro atoms. The van der Waals surface area contributed by atoms with Crippen LogP contribution < -0.4 is 4.74 Å². The molecule has 1 aromatic carbocycles. The highest BCUT2D eigenvalue weighted by Gasteiger charge is 2.28. The van der Waals surface area contributed by atoms with E-state index < -0.39 is 0 Å². The first-order valence-electron chi connectivity index (χ1n) is 7.56. The molecule has 0 aromatic heterocycles. The summed E-state index contributed by atoms with van der Waals surface area (Å²) in [5.74, 6) is 0.985. The van der Waals surface area contributed by atoms with Crippen LogP contribution in [0.2, 0.25) is 0 Å². The second-order valence-corrected chi connectivity index (χ2v) is 5.65. The van der Waals surface area contributed by atoms with Gasteiger partial charge in [-0.05, 0) is 31.5 Å². The average molecular weight is 260 g/mol. The molecule has 19 heavy (non-hydrogen) atoms. The van der Waals surface area contributed by atoms with Crippen LogP contribution in [0, 0.1) is 0 Å². The molecule has 2 fully saturated rings. The lowest BCUT2D eigenvalue weighted by molar-refractivity contribution is 0.0432. The average Bonchev–Trinajstić information content (AvgIpc) is 2.48. The number of nitrogens with zero attached hydrogens (tertiary/aromatic N) is 2. The molecule has 3 nitrogen and oxygen atoms in total. The van der Waals surface area contributed by atoms with Crippen LogP contribution >= 0.6 is 0 Å². The molecule has 2 aliphatic rings. The first-order chi connectivity index (χ1) is 9.42. The third-order valence-electron chi connectivity index (χ3n) is 4.34. The molecule has 0 N–H and O–H groups in total. The SMILES string of the molecule is c1ccc(OCCN2CCN3CCCCC3C2)cc1. The van der Waals surface area contributed by atoms with Crippen molar-refractivity contribution in [1.29, 1.82) is 0 Å². The zero-order valence-electron chi connectivity index (χ0n) is 11.6. The van der Waals surface area contributed by atoms with Gasteiger partial charge in [0.2, 0.25) is 0 Å². The number of hydrogen-bond donors (Lipinski definition) is 0. The second kappa shape index (κ2) is 6.40. The normalized spacial score (nSPS) is 24.9. The van der Waals surface area contributed by atoms with E-state index in [4.69, 9.17) is 4.74 Å². The molecule has 1 aromatic rings. The first kappa shape index (κ1) is 12.9. The molecule has 1 atom stereocenters. The molecule has 2 saturated heterocycles. The lowest BCUT2D eigenvalue weighted by Gasteiger charge is -2.44. The van der Waals surface area contributed by atoms with Gasteiger partial charge in [-0.3, -0.25) is 9.80 Å². The number of hydrogen-bond acceptors (Lipinski definition) is 3. The second-order valence-electron chi connectivity index (χ2n) is 5.65. The Morgan fingerprint density at radius 1 is 1.05 bits per heavy atom. The van der Waals surface area contributed by atoms with Crippen LogP contribution in [0.5, 0.6) is 5.75 Å². The van der Waals surface area contributed by atoms with Crippen molar-refractivity contribution in [2.24, 2.45) is 0 Å². The summed E-state index contributed by atoms with van der Waals surface area (Å²) < 4.78 is 5.79. The molecule has 0 aliphatic carbocycles. The molecule has 0 amide bonds. The molecular weight excluding hydrogens is 236 g/mol. The predicted molar refractivity (Wildman–Crippen MR) is 77.6 cm³/mol. The van der Waals surface area contributed by atoms with E-state index in [1.54, 1.807) is 0 Å². The topological polar surface area (TPSA) is 15.7 Å². The van der Waals surface area contributed by atoms with Crippen molar-refractivity contribution < 1.29 is 4.74 Å². The van der Waals surface area contributed by atoms with Crippen LogP contribution in [0.4, 0.5) is 0 Å². The zero-order chi connectivity index (χ0) is 12.9. The third kappa shape index (κ3) is 3.48. The quantitative estimate of drug-likeness (QED) is 0.825. The predicted octanol–water partition coefficient (Wildman–Crippen LogP) is 2.24. The van der Waals surface area contributed by atoms with Gasteiger partial charge in [-0.2, -0.15) is 0 Å². The van der Waals surface area contributed by atoms with Crippen LogP contribution in [-0.4, -0.2) is 55.2 Å². The molecule has 104 valence electrons. The van der Waals surface area contributed by atoms with Crippen molar-refractivity contribution >= 4 is 0 Å². The van der Waals surface area contributed by atoms with Crippen molar-refractivity contribution in [3.8, 4) is 5.75 Å². The lowest BCUT2D eigenvalue weighted by Crippen LogP contribution is -2.55. The summed E-state index contributed by atoms with van der Waals surface area (Å²) in [4.78, 5) is 5.24. The smallest absolute Gasteiger partial charge is 0.119 e. The van der Waals surface area contributed by atoms with Crippen LogP contribution in [0.3, 0.4) is 0 Å². The third-order valence-corrected chi connectivity index (χ3v) is 4.34. The summed E-state index contributed by atoms with van der Waals surface area (Å²) in [6.07, 6.45) is 4.19. The Morgan fingerprint density at radius 2 is 1.95 bits per heavy atom. The van der Waals surface area contributed by atoms with E-state index in [2.05, 4.69) is 9.80 Å². The van der Waals surface area contributed by atoms with E-state index in [0.717, 1.165) is 24.9 Å². The van der Waals surface area contributed by atoms with Gasteiger partial charge < -0.3 is 4.74 Å². The summed E-state index contributed by atoms with van der Waals surface area (Å²) in [7, 11) is 0. The Kier molecular flexibility index (Phi) is 4.36. The molecule has 0 saturated carbocycles. The number of piperidine rings is 1. The van der Waals surface area contributed by atoms with Crippen molar-refractivity contribution in [1.82, 2.24) is 9.80 Å². The Balaban J connectivity index is 1.41. The summed E-state index contributed by atoms with van der Waals surface area (Å²) in [6.45, 7) is 6.86. The molecule has 3 heteroatoms. The fourth-order valence-electron chi connectivity index (χ4n) is 3.23. The minimum Gasteiger partial charge on any atom is -0.492 e. The van der Waals surface area contributed by atoms with Gasteiger partial charge in [-0.15, -0.1) is 0 Å². The maximum atomic E-state index is 5.79. The van der Waals surface area contributed by atoms with Gasteiger partial charge in [0.15, 0.2) is 0 Å². The molecular formula is C16H24N2O. The molecule has 0 radical (unpaired) electrons. The number of rotatable bonds is 4. The van der Waals surface area contributed by atoms with Crippen molar-refractivity contribution in [2.45, 2.75) is 25.3 Å². The van der Waals surface area contributed by atoms with Gasteiger partial charge in [0.05, 0.1) is 0 Å². The van der Waals surface area contributed by atoms with Crippen molar-refractivity contribution in [2.75, 3.05) is 39.3 Å². The summed E-state index contributed by atoms with van der Waals surface area (Å²) >= 11 is 0. The van der Waals surface area contributed by atoms with E-state index in [-0.39, 0.29) is 0 Å². The number of ether oxygens (including phenoxy) is 1. The number of benzene rings is 1. The van der Waals surface area contributed by atoms with Crippen molar-refractivity contribution in [3.63, 3.8) is 0 Å². The standard InChI is InChI=1S/C16H24N2O/c1-2-7-16(8-3-1)19-13-12-17-10-11-18-9-5-4-6-15(18)14-17/h1-3,7-8,15H,4-6,9-14H2. The largest absolute Gasteiger partial charge is 0.492 e. The van der Waals surface area contributed by atoms with Gasteiger partial charge in [-0.1, -0.05) is 24.6 Å². The molecule has 1 unspecified atom stereocenters. The number of fused-ring (bicyclic) bond motifs is 1. The van der Waals surface area contributed by atoms with Gasteiger partial charge in [0, 0.05) is 32.2 Å². The van der Waals surface area contributed by atoms with Crippen LogP contribution in [0.1, 0.15) is 19.3 Å². The van der Waals surface area contributed by atoms with Crippen LogP contribution in [0.25, 0.3) is 0 Å². The fraction of sp³-hybridized carbons (Fsp3) is 0.625. The van der Waals surface area contributed by atoms with Crippen LogP contribution in [-0.2, 0) is 0 Å². The van der Waals surface area contributed by atoms with Gasteiger partial charge in [0.1, 0.15) is 12.4 Å². The van der Waals surface area contributed by atoms with E-state index in [1.807, 2.05) is 30.3 Å². The highest BCUT2D eigenvalue weighted by atomic mass is 16.5. The monoisotopic (exact) mass is 260 g/mol. The lowest BCUT2D eigenvalue weighted by atomic mass is 9.99. The number of piperazine rings is 1. The minimum atomic E-state index is 0.802. The van der Waals surface area contributed by atoms with Crippen LogP contribution in [0.15, 0.2) is 30.3 Å². The first-order valence-corrected chi connectivity index (χ1v) is 7.56. The fourth-order valence-corrected chi connectivity index (χ4v) is 3.23. The Hall–Kier alpha value is -1.06. The molecule has 2 heterocycles. The maximum absolute atomic E-state index is 5.79. The minimum absolute atomic E-state index is 0.802. The number of para-hydroxylation sites is 1. The van der Waals surface area contributed by atoms with E-state index in [1.165, 1.54) is 45.4 Å². The highest BCUT2D eigenvalue weighted by Crippen LogP contribution is 2.20. The summed E-state index contributed by atoms with van der Waals surface area (Å²) in [5, 5.41) is 0. The van der Waals surface area contributed by atoms with Gasteiger partial charge >= 0.3 is 0 Å². The Labute approximate surface area is 116 Å². The Bertz CT molecular complexity index is 382. The van der Waals surface area contributed by atoms with Gasteiger partial charge in [0.25, 0.3) is 0 Å². The van der Waals surface area contributed by atoms with E-state index in [9.17, 15) is 0 Å². The van der Waals surface area contributed by atoms with Gasteiger partial charge in [-0.25, -0.2) is 0 Å². The van der Waals surface area contributed by atoms with Crippen molar-refractivity contribution in [3.05, 3.63) is 30.3 Å². The maximum Gasteiger partial charge on any atom is 0.119 e. The molecule has 3 rings (SSSR count). The summed E-state index contributed by atoms with van der Waals surface area (Å²) in [6, 6.07) is 10.9. The molecule has 2 aliphatic heterocycles. The van der Waals surface area contributed by atoms with E-state index >= 15 is 0 Å². The zero-order valence-corrected chi connectivity index (χ0v) is 11.6. The molecule has 0 bridgehead atoms. The summed E-state index contributed by atoms with van der Waals surface area (Å²) in [5.41, 5.74) is 0.